The molecule has 0 aliphatic heterocycles. The predicted octanol–water partition coefficient (Wildman–Crippen LogP) is 3.22. The quantitative estimate of drug-likeness (QED) is 0.804. The van der Waals surface area contributed by atoms with Crippen LogP contribution in [0.3, 0.4) is 0 Å². The van der Waals surface area contributed by atoms with Crippen molar-refractivity contribution in [2.24, 2.45) is 0 Å². The number of hydrogen-bond acceptors (Lipinski definition) is 2. The molecule has 3 aromatic rings. The number of aromatic amines is 1. The maximum atomic E-state index is 12.9. The van der Waals surface area contributed by atoms with Gasteiger partial charge < -0.3 is 9.88 Å². The second kappa shape index (κ2) is 6.75. The second-order valence-electron chi connectivity index (χ2n) is 5.15. The second-order valence-corrected chi connectivity index (χ2v) is 5.15. The van der Waals surface area contributed by atoms with Crippen molar-refractivity contribution in [1.29, 1.82) is 0 Å². The summed E-state index contributed by atoms with van der Waals surface area (Å²) in [6.45, 7) is 0.431. The molecule has 0 bridgehead atoms. The number of aromatic nitrogens is 1. The van der Waals surface area contributed by atoms with E-state index in [9.17, 15) is 9.59 Å². The maximum absolute atomic E-state index is 12.9. The predicted molar refractivity (Wildman–Crippen MR) is 90.5 cm³/mol. The van der Waals surface area contributed by atoms with Crippen LogP contribution in [0, 0.1) is 0 Å². The number of para-hydroxylation sites is 1. The fraction of sp³-hybridized carbons (Fsp3) is 0.0526. The number of nitrogens with one attached hydrogen (secondary N) is 1. The summed E-state index contributed by atoms with van der Waals surface area (Å²) in [7, 11) is 0. The molecule has 0 saturated heterocycles. The summed E-state index contributed by atoms with van der Waals surface area (Å²) in [5.41, 5.74) is 1.88. The van der Waals surface area contributed by atoms with Crippen LogP contribution in [-0.4, -0.2) is 10.9 Å². The van der Waals surface area contributed by atoms with Gasteiger partial charge in [-0.05, 0) is 17.7 Å². The Kier molecular flexibility index (Phi) is 4.34. The van der Waals surface area contributed by atoms with E-state index >= 15 is 0 Å². The molecule has 0 unspecified atom stereocenters. The smallest absolute Gasteiger partial charge is 0.275 e. The third kappa shape index (κ3) is 3.55. The minimum absolute atomic E-state index is 0.195. The fourth-order valence-electron chi connectivity index (χ4n) is 2.37. The summed E-state index contributed by atoms with van der Waals surface area (Å²) in [5, 5.41) is 0. The van der Waals surface area contributed by atoms with E-state index in [1.54, 1.807) is 4.90 Å². The Labute approximate surface area is 134 Å². The van der Waals surface area contributed by atoms with Gasteiger partial charge >= 0.3 is 0 Å². The zero-order valence-electron chi connectivity index (χ0n) is 12.5. The molecule has 0 spiro atoms. The Morgan fingerprint density at radius 3 is 2.22 bits per heavy atom. The van der Waals surface area contributed by atoms with E-state index in [-0.39, 0.29) is 17.0 Å². The number of nitrogens with zero attached hydrogens (tertiary/aromatic N) is 1. The van der Waals surface area contributed by atoms with Crippen molar-refractivity contribution in [3.63, 3.8) is 0 Å². The number of pyridine rings is 1. The van der Waals surface area contributed by atoms with Crippen LogP contribution in [0.5, 0.6) is 0 Å². The molecule has 0 fully saturated rings. The fourth-order valence-corrected chi connectivity index (χ4v) is 2.37. The molecule has 0 aliphatic carbocycles. The van der Waals surface area contributed by atoms with Gasteiger partial charge in [-0.3, -0.25) is 9.59 Å². The molecule has 114 valence electrons. The van der Waals surface area contributed by atoms with E-state index < -0.39 is 0 Å². The number of anilines is 1. The summed E-state index contributed by atoms with van der Waals surface area (Å²) in [6, 6.07) is 21.9. The van der Waals surface area contributed by atoms with Crippen LogP contribution in [0.1, 0.15) is 16.1 Å². The zero-order chi connectivity index (χ0) is 16.1. The topological polar surface area (TPSA) is 53.2 Å². The first-order chi connectivity index (χ1) is 11.2. The van der Waals surface area contributed by atoms with Crippen molar-refractivity contribution in [1.82, 2.24) is 4.98 Å². The number of hydrogen-bond donors (Lipinski definition) is 1. The molecule has 0 radical (unpaired) electrons. The monoisotopic (exact) mass is 304 g/mol. The van der Waals surface area contributed by atoms with Gasteiger partial charge in [0.2, 0.25) is 0 Å². The standard InChI is InChI=1S/C19H16N2O2/c22-17-11-12-20-18(13-17)19(23)21(16-9-5-2-6-10-16)14-15-7-3-1-4-8-15/h1-13H,14H2,(H,20,22). The van der Waals surface area contributed by atoms with Gasteiger partial charge in [-0.15, -0.1) is 0 Å². The summed E-state index contributed by atoms with van der Waals surface area (Å²) in [5.74, 6) is -0.238. The minimum atomic E-state index is -0.238. The molecule has 3 rings (SSSR count). The van der Waals surface area contributed by atoms with Crippen molar-refractivity contribution in [3.8, 4) is 0 Å². The van der Waals surface area contributed by atoms with Gasteiger partial charge in [-0.1, -0.05) is 48.5 Å². The van der Waals surface area contributed by atoms with E-state index in [0.29, 0.717) is 6.54 Å². The Bertz CT molecular complexity index is 842. The lowest BCUT2D eigenvalue weighted by Gasteiger charge is -2.23. The first kappa shape index (κ1) is 14.8. The third-order valence-corrected chi connectivity index (χ3v) is 3.50. The molecule has 1 N–H and O–H groups in total. The van der Waals surface area contributed by atoms with Crippen molar-refractivity contribution in [2.75, 3.05) is 4.90 Å². The number of benzene rings is 2. The highest BCUT2D eigenvalue weighted by Crippen LogP contribution is 2.19. The van der Waals surface area contributed by atoms with Crippen molar-refractivity contribution >= 4 is 11.6 Å². The maximum Gasteiger partial charge on any atom is 0.275 e. The SMILES string of the molecule is O=C(c1cc(=O)cc[nH]1)N(Cc1ccccc1)c1ccccc1. The lowest BCUT2D eigenvalue weighted by Crippen LogP contribution is -2.31. The number of rotatable bonds is 4. The van der Waals surface area contributed by atoms with Gasteiger partial charge in [0.25, 0.3) is 5.91 Å². The molecule has 0 saturated carbocycles. The van der Waals surface area contributed by atoms with Crippen LogP contribution >= 0.6 is 0 Å². The van der Waals surface area contributed by atoms with Crippen LogP contribution in [0.4, 0.5) is 5.69 Å². The first-order valence-corrected chi connectivity index (χ1v) is 7.33. The number of amides is 1. The van der Waals surface area contributed by atoms with Crippen LogP contribution in [0.2, 0.25) is 0 Å². The minimum Gasteiger partial charge on any atom is -0.357 e. The molecule has 4 heteroatoms. The molecular weight excluding hydrogens is 288 g/mol. The van der Waals surface area contributed by atoms with Crippen molar-refractivity contribution in [3.05, 3.63) is 100 Å². The van der Waals surface area contributed by atoms with E-state index in [4.69, 9.17) is 0 Å². The summed E-state index contributed by atoms with van der Waals surface area (Å²) < 4.78 is 0. The molecule has 2 aromatic carbocycles. The molecule has 23 heavy (non-hydrogen) atoms. The molecule has 1 heterocycles. The average molecular weight is 304 g/mol. The van der Waals surface area contributed by atoms with Gasteiger partial charge in [0.1, 0.15) is 5.69 Å². The van der Waals surface area contributed by atoms with Crippen LogP contribution in [-0.2, 0) is 6.54 Å². The number of H-pyrrole nitrogens is 1. The summed E-state index contributed by atoms with van der Waals surface area (Å²) in [6.07, 6.45) is 1.49. The largest absolute Gasteiger partial charge is 0.357 e. The first-order valence-electron chi connectivity index (χ1n) is 7.33. The molecule has 1 aromatic heterocycles. The van der Waals surface area contributed by atoms with Crippen LogP contribution in [0.15, 0.2) is 83.8 Å². The zero-order valence-corrected chi connectivity index (χ0v) is 12.5. The molecule has 0 aliphatic rings. The lowest BCUT2D eigenvalue weighted by molar-refractivity contribution is 0.0980. The van der Waals surface area contributed by atoms with E-state index in [2.05, 4.69) is 4.98 Å². The average Bonchev–Trinajstić information content (AvgIpc) is 2.61. The van der Waals surface area contributed by atoms with Gasteiger partial charge in [-0.25, -0.2) is 0 Å². The lowest BCUT2D eigenvalue weighted by atomic mass is 10.1. The molecule has 0 atom stereocenters. The van der Waals surface area contributed by atoms with E-state index in [1.807, 2.05) is 60.7 Å². The Morgan fingerprint density at radius 2 is 1.57 bits per heavy atom. The van der Waals surface area contributed by atoms with Crippen LogP contribution < -0.4 is 10.3 Å². The Balaban J connectivity index is 1.98. The summed E-state index contributed by atoms with van der Waals surface area (Å²) >= 11 is 0. The summed E-state index contributed by atoms with van der Waals surface area (Å²) in [4.78, 5) is 28.9. The van der Waals surface area contributed by atoms with E-state index in [0.717, 1.165) is 11.3 Å². The number of carbonyl (C=O) groups excluding carboxylic acids is 1. The highest BCUT2D eigenvalue weighted by molar-refractivity contribution is 6.04. The van der Waals surface area contributed by atoms with Gasteiger partial charge in [0, 0.05) is 24.0 Å². The van der Waals surface area contributed by atoms with Gasteiger partial charge in [-0.2, -0.15) is 0 Å². The van der Waals surface area contributed by atoms with Crippen molar-refractivity contribution in [2.45, 2.75) is 6.54 Å². The Hall–Kier alpha value is -3.14. The third-order valence-electron chi connectivity index (χ3n) is 3.50. The molecule has 1 amide bonds. The van der Waals surface area contributed by atoms with Crippen molar-refractivity contribution < 1.29 is 4.79 Å². The van der Waals surface area contributed by atoms with E-state index in [1.165, 1.54) is 18.3 Å². The normalized spacial score (nSPS) is 10.3. The van der Waals surface area contributed by atoms with Gasteiger partial charge in [0.15, 0.2) is 5.43 Å². The van der Waals surface area contributed by atoms with Crippen LogP contribution in [0.25, 0.3) is 0 Å². The number of carbonyl (C=O) groups is 1. The van der Waals surface area contributed by atoms with Gasteiger partial charge in [0.05, 0.1) is 6.54 Å². The highest BCUT2D eigenvalue weighted by Gasteiger charge is 2.18. The highest BCUT2D eigenvalue weighted by atomic mass is 16.2. The molecule has 4 nitrogen and oxygen atoms in total. The Morgan fingerprint density at radius 1 is 0.913 bits per heavy atom. The molecular formula is C19H16N2O2.